The molecule has 33 heavy (non-hydrogen) atoms. The van der Waals surface area contributed by atoms with Gasteiger partial charge in [0.15, 0.2) is 11.2 Å². The fourth-order valence-electron chi connectivity index (χ4n) is 3.26. The fraction of sp³-hybridized carbons (Fsp3) is 0.143. The molecule has 2 aromatic carbocycles. The summed E-state index contributed by atoms with van der Waals surface area (Å²) in [6, 6.07) is 12.3. The summed E-state index contributed by atoms with van der Waals surface area (Å²) in [6.45, 7) is 0.0138. The van der Waals surface area contributed by atoms with Crippen molar-refractivity contribution in [3.05, 3.63) is 70.1 Å². The van der Waals surface area contributed by atoms with E-state index in [0.717, 1.165) is 0 Å². The van der Waals surface area contributed by atoms with Gasteiger partial charge < -0.3 is 14.0 Å². The Morgan fingerprint density at radius 2 is 1.88 bits per heavy atom. The molecule has 0 saturated heterocycles. The first-order valence-electron chi connectivity index (χ1n) is 9.68. The lowest BCUT2D eigenvalue weighted by Crippen LogP contribution is -2.21. The Morgan fingerprint density at radius 3 is 2.61 bits per heavy atom. The van der Waals surface area contributed by atoms with Crippen LogP contribution in [0.5, 0.6) is 11.5 Å². The van der Waals surface area contributed by atoms with Crippen molar-refractivity contribution in [3.8, 4) is 28.6 Å². The first-order chi connectivity index (χ1) is 16.1. The summed E-state index contributed by atoms with van der Waals surface area (Å²) in [5.41, 5.74) is 1.32. The highest BCUT2D eigenvalue weighted by Crippen LogP contribution is 2.28. The van der Waals surface area contributed by atoms with Crippen molar-refractivity contribution in [2.45, 2.75) is 6.54 Å². The van der Waals surface area contributed by atoms with Crippen LogP contribution in [-0.4, -0.2) is 48.9 Å². The highest BCUT2D eigenvalue weighted by Gasteiger charge is 2.16. The number of benzene rings is 2. The number of fused-ring (bicyclic) bond motifs is 1. The SMILES string of the molecule is COc1cc(OC)cc(-c2noc(Cn3cnc4c(nnn4-c4cccc(Cl)c4)c3=O)n2)c1. The van der Waals surface area contributed by atoms with Crippen LogP contribution in [0.15, 0.2) is 58.1 Å². The zero-order valence-corrected chi connectivity index (χ0v) is 18.2. The quantitative estimate of drug-likeness (QED) is 0.372. The maximum atomic E-state index is 12.9. The second-order valence-corrected chi connectivity index (χ2v) is 7.38. The van der Waals surface area contributed by atoms with Gasteiger partial charge in [0.05, 0.1) is 19.9 Å². The molecule has 0 aliphatic heterocycles. The topological polar surface area (TPSA) is 123 Å². The normalized spacial score (nSPS) is 11.1. The molecule has 3 heterocycles. The first-order valence-corrected chi connectivity index (χ1v) is 10.1. The van der Waals surface area contributed by atoms with Crippen molar-refractivity contribution in [3.63, 3.8) is 0 Å². The van der Waals surface area contributed by atoms with Crippen LogP contribution in [0.1, 0.15) is 5.89 Å². The number of hydrogen-bond donors (Lipinski definition) is 0. The minimum Gasteiger partial charge on any atom is -0.497 e. The number of halogens is 1. The maximum absolute atomic E-state index is 12.9. The monoisotopic (exact) mass is 465 g/mol. The van der Waals surface area contributed by atoms with Crippen molar-refractivity contribution in [1.82, 2.24) is 34.7 Å². The molecule has 0 aliphatic carbocycles. The van der Waals surface area contributed by atoms with Crippen molar-refractivity contribution in [1.29, 1.82) is 0 Å². The summed E-state index contributed by atoms with van der Waals surface area (Å²) in [7, 11) is 3.11. The van der Waals surface area contributed by atoms with Crippen LogP contribution in [0.3, 0.4) is 0 Å². The van der Waals surface area contributed by atoms with Gasteiger partial charge in [-0.2, -0.15) is 9.67 Å². The van der Waals surface area contributed by atoms with E-state index in [2.05, 4.69) is 25.4 Å². The van der Waals surface area contributed by atoms with E-state index in [4.69, 9.17) is 25.6 Å². The molecule has 166 valence electrons. The summed E-state index contributed by atoms with van der Waals surface area (Å²) in [5, 5.41) is 12.6. The average molecular weight is 466 g/mol. The van der Waals surface area contributed by atoms with E-state index in [1.807, 2.05) is 0 Å². The van der Waals surface area contributed by atoms with Gasteiger partial charge in [0.2, 0.25) is 11.7 Å². The highest BCUT2D eigenvalue weighted by atomic mass is 35.5. The van der Waals surface area contributed by atoms with E-state index in [1.54, 1.807) is 56.7 Å². The third-order valence-corrected chi connectivity index (χ3v) is 5.10. The number of methoxy groups -OCH3 is 2. The average Bonchev–Trinajstić information content (AvgIpc) is 3.48. The predicted molar refractivity (Wildman–Crippen MR) is 118 cm³/mol. The summed E-state index contributed by atoms with van der Waals surface area (Å²) >= 11 is 6.05. The molecule has 0 atom stereocenters. The molecule has 0 aliphatic rings. The molecule has 0 N–H and O–H groups in total. The molecule has 5 rings (SSSR count). The zero-order valence-electron chi connectivity index (χ0n) is 17.5. The minimum atomic E-state index is -0.393. The van der Waals surface area contributed by atoms with Crippen LogP contribution in [0, 0.1) is 0 Å². The van der Waals surface area contributed by atoms with Crippen LogP contribution >= 0.6 is 11.6 Å². The fourth-order valence-corrected chi connectivity index (χ4v) is 3.44. The maximum Gasteiger partial charge on any atom is 0.284 e. The molecular weight excluding hydrogens is 450 g/mol. The Morgan fingerprint density at radius 1 is 1.09 bits per heavy atom. The first kappa shape index (κ1) is 20.6. The van der Waals surface area contributed by atoms with E-state index >= 15 is 0 Å². The third kappa shape index (κ3) is 3.89. The van der Waals surface area contributed by atoms with E-state index in [-0.39, 0.29) is 18.0 Å². The molecule has 5 aromatic rings. The van der Waals surface area contributed by atoms with Gasteiger partial charge in [0.25, 0.3) is 5.56 Å². The van der Waals surface area contributed by atoms with E-state index in [1.165, 1.54) is 15.6 Å². The standard InChI is InChI=1S/C21H16ClN7O4/c1-31-15-6-12(7-16(9-15)32-2)19-24-17(33-26-19)10-28-11-23-20-18(21(28)30)25-27-29(20)14-5-3-4-13(22)8-14/h3-9,11H,10H2,1-2H3. The summed E-state index contributed by atoms with van der Waals surface area (Å²) in [4.78, 5) is 21.7. The minimum absolute atomic E-state index is 0.0138. The molecule has 0 radical (unpaired) electrons. The van der Waals surface area contributed by atoms with Crippen molar-refractivity contribution in [2.75, 3.05) is 14.2 Å². The Kier molecular flexibility index (Phi) is 5.23. The largest absolute Gasteiger partial charge is 0.497 e. The number of rotatable bonds is 6. The van der Waals surface area contributed by atoms with E-state index < -0.39 is 5.56 Å². The summed E-state index contributed by atoms with van der Waals surface area (Å²) in [6.07, 6.45) is 1.38. The molecule has 0 unspecified atom stereocenters. The van der Waals surface area contributed by atoms with Gasteiger partial charge in [-0.1, -0.05) is 28.0 Å². The lowest BCUT2D eigenvalue weighted by Gasteiger charge is -2.05. The van der Waals surface area contributed by atoms with Crippen molar-refractivity contribution < 1.29 is 14.0 Å². The molecule has 3 aromatic heterocycles. The molecule has 0 amide bonds. The number of nitrogens with zero attached hydrogens (tertiary/aromatic N) is 7. The van der Waals surface area contributed by atoms with Gasteiger partial charge in [-0.25, -0.2) is 4.98 Å². The Bertz CT molecular complexity index is 1500. The molecule has 0 spiro atoms. The molecule has 0 bridgehead atoms. The van der Waals surface area contributed by atoms with Gasteiger partial charge in [-0.3, -0.25) is 9.36 Å². The molecule has 12 heteroatoms. The lowest BCUT2D eigenvalue weighted by atomic mass is 10.2. The van der Waals surface area contributed by atoms with Crippen molar-refractivity contribution >= 4 is 22.8 Å². The summed E-state index contributed by atoms with van der Waals surface area (Å²) in [5.74, 6) is 1.72. The van der Waals surface area contributed by atoms with Crippen LogP contribution in [0.2, 0.25) is 5.02 Å². The molecule has 0 saturated carbocycles. The van der Waals surface area contributed by atoms with E-state index in [0.29, 0.717) is 39.2 Å². The molecule has 11 nitrogen and oxygen atoms in total. The molecular formula is C21H16ClN7O4. The van der Waals surface area contributed by atoms with Crippen LogP contribution in [0.25, 0.3) is 28.2 Å². The van der Waals surface area contributed by atoms with Gasteiger partial charge in [0, 0.05) is 16.7 Å². The Balaban J connectivity index is 1.46. The number of aromatic nitrogens is 7. The smallest absolute Gasteiger partial charge is 0.284 e. The van der Waals surface area contributed by atoms with Crippen LogP contribution in [-0.2, 0) is 6.54 Å². The summed E-state index contributed by atoms with van der Waals surface area (Å²) < 4.78 is 18.7. The van der Waals surface area contributed by atoms with Gasteiger partial charge >= 0.3 is 0 Å². The third-order valence-electron chi connectivity index (χ3n) is 4.87. The lowest BCUT2D eigenvalue weighted by molar-refractivity contribution is 0.369. The van der Waals surface area contributed by atoms with Gasteiger partial charge in [0.1, 0.15) is 24.4 Å². The second-order valence-electron chi connectivity index (χ2n) is 6.94. The number of ether oxygens (including phenoxy) is 2. The predicted octanol–water partition coefficient (Wildman–Crippen LogP) is 2.75. The van der Waals surface area contributed by atoms with Gasteiger partial charge in [-0.05, 0) is 30.3 Å². The van der Waals surface area contributed by atoms with Crippen LogP contribution in [0.4, 0.5) is 0 Å². The van der Waals surface area contributed by atoms with Crippen molar-refractivity contribution in [2.24, 2.45) is 0 Å². The Hall–Kier alpha value is -4.25. The zero-order chi connectivity index (χ0) is 22.9. The number of hydrogen-bond acceptors (Lipinski definition) is 9. The second kappa shape index (κ2) is 8.36. The highest BCUT2D eigenvalue weighted by molar-refractivity contribution is 6.30. The van der Waals surface area contributed by atoms with E-state index in [9.17, 15) is 4.79 Å². The van der Waals surface area contributed by atoms with Crippen LogP contribution < -0.4 is 15.0 Å². The Labute approximate surface area is 191 Å². The van der Waals surface area contributed by atoms with Gasteiger partial charge in [-0.15, -0.1) is 5.10 Å². The molecule has 0 fully saturated rings.